The van der Waals surface area contributed by atoms with Crippen molar-refractivity contribution >= 4 is 12.1 Å². The molecule has 0 bridgehead atoms. The molecule has 0 unspecified atom stereocenters. The molecule has 0 radical (unpaired) electrons. The summed E-state index contributed by atoms with van der Waals surface area (Å²) in [6, 6.07) is 0. The smallest absolute Gasteiger partial charge is 0.450 e. The second kappa shape index (κ2) is 8.27. The van der Waals surface area contributed by atoms with E-state index in [9.17, 15) is 14.4 Å². The molecule has 0 saturated heterocycles. The molecule has 0 aliphatic rings. The number of carbonyl (C=O) groups is 1. The highest BCUT2D eigenvalue weighted by atomic mass is 16.6. The van der Waals surface area contributed by atoms with Gasteiger partial charge in [0.05, 0.1) is 0 Å². The van der Waals surface area contributed by atoms with Gasteiger partial charge in [-0.3, -0.25) is 20.4 Å². The Morgan fingerprint density at radius 1 is 0.941 bits per heavy atom. The number of nitrogens with two attached hydrogens (primary N) is 2. The van der Waals surface area contributed by atoms with E-state index in [-0.39, 0.29) is 5.96 Å². The van der Waals surface area contributed by atoms with Crippen molar-refractivity contribution in [1.29, 1.82) is 5.41 Å². The quantitative estimate of drug-likeness (QED) is 0.172. The van der Waals surface area contributed by atoms with Gasteiger partial charge in [0, 0.05) is 0 Å². The summed E-state index contributed by atoms with van der Waals surface area (Å²) >= 11 is 0. The SMILES string of the molecule is N=C(N)N.O=C(O)O.O=c1[nH]c(=O)[nH]c(=O)[nH]1. The monoisotopic (exact) mass is 250 g/mol. The Morgan fingerprint density at radius 2 is 1.06 bits per heavy atom. The van der Waals surface area contributed by atoms with Gasteiger partial charge in [-0.2, -0.15) is 0 Å². The minimum absolute atomic E-state index is 0.333. The number of aromatic amines is 3. The van der Waals surface area contributed by atoms with Crippen LogP contribution in [0, 0.1) is 5.41 Å². The van der Waals surface area contributed by atoms with Gasteiger partial charge in [-0.25, -0.2) is 19.2 Å². The number of nitrogens with one attached hydrogen (secondary N) is 4. The molecule has 0 aliphatic carbocycles. The fraction of sp³-hybridized carbons (Fsp3) is 0. The van der Waals surface area contributed by atoms with E-state index >= 15 is 0 Å². The molecule has 17 heavy (non-hydrogen) atoms. The fourth-order valence-corrected chi connectivity index (χ4v) is 0.403. The summed E-state index contributed by atoms with van der Waals surface area (Å²) in [5, 5.41) is 20.0. The summed E-state index contributed by atoms with van der Waals surface area (Å²) in [5.41, 5.74) is 6.54. The lowest BCUT2D eigenvalue weighted by Crippen LogP contribution is -2.34. The number of aromatic nitrogens is 3. The topological polar surface area (TPSA) is 232 Å². The number of hydrogen-bond donors (Lipinski definition) is 8. The zero-order valence-corrected chi connectivity index (χ0v) is 8.18. The molecule has 0 amide bonds. The van der Waals surface area contributed by atoms with Crippen LogP contribution < -0.4 is 28.5 Å². The van der Waals surface area contributed by atoms with Crippen LogP contribution in [0.3, 0.4) is 0 Å². The second-order valence-electron chi connectivity index (χ2n) is 2.10. The standard InChI is InChI=1S/C3H3N3O3.CH5N3.CH2O3/c7-1-4-2(8)6-3(9)5-1;2*2-1(3)4/h(H3,4,5,6,7,8,9);(H5,2,3,4);(H2,2,3,4). The summed E-state index contributed by atoms with van der Waals surface area (Å²) in [6.45, 7) is 0. The summed E-state index contributed by atoms with van der Waals surface area (Å²) in [6.07, 6.45) is -1.83. The first-order chi connectivity index (χ1) is 7.65. The van der Waals surface area contributed by atoms with E-state index in [0.717, 1.165) is 0 Å². The molecule has 1 rings (SSSR count). The van der Waals surface area contributed by atoms with Crippen molar-refractivity contribution in [3.8, 4) is 0 Å². The van der Waals surface area contributed by atoms with Crippen LogP contribution in [0.2, 0.25) is 0 Å². The van der Waals surface area contributed by atoms with E-state index in [1.165, 1.54) is 0 Å². The van der Waals surface area contributed by atoms with Gasteiger partial charge in [0.15, 0.2) is 5.96 Å². The van der Waals surface area contributed by atoms with Crippen molar-refractivity contribution in [3.05, 3.63) is 31.5 Å². The van der Waals surface area contributed by atoms with Gasteiger partial charge >= 0.3 is 23.2 Å². The van der Waals surface area contributed by atoms with Gasteiger partial charge in [-0.15, -0.1) is 0 Å². The normalized spacial score (nSPS) is 7.76. The van der Waals surface area contributed by atoms with Gasteiger partial charge in [0.25, 0.3) is 0 Å². The molecule has 10 N–H and O–H groups in total. The molecular weight excluding hydrogens is 240 g/mol. The van der Waals surface area contributed by atoms with Crippen molar-refractivity contribution in [2.45, 2.75) is 0 Å². The molecule has 0 saturated carbocycles. The number of H-pyrrole nitrogens is 3. The molecule has 0 spiro atoms. The van der Waals surface area contributed by atoms with Crippen molar-refractivity contribution in [2.75, 3.05) is 0 Å². The van der Waals surface area contributed by atoms with Crippen LogP contribution in [-0.4, -0.2) is 37.3 Å². The summed E-state index contributed by atoms with van der Waals surface area (Å²) in [5.74, 6) is -0.333. The molecule has 96 valence electrons. The molecule has 0 atom stereocenters. The first kappa shape index (κ1) is 16.4. The summed E-state index contributed by atoms with van der Waals surface area (Å²) in [7, 11) is 0. The van der Waals surface area contributed by atoms with E-state index in [1.807, 2.05) is 0 Å². The molecule has 12 heteroatoms. The highest BCUT2D eigenvalue weighted by molar-refractivity contribution is 5.71. The van der Waals surface area contributed by atoms with E-state index in [1.54, 1.807) is 15.0 Å². The van der Waals surface area contributed by atoms with Gasteiger partial charge in [-0.1, -0.05) is 0 Å². The van der Waals surface area contributed by atoms with Crippen LogP contribution in [0.15, 0.2) is 14.4 Å². The van der Waals surface area contributed by atoms with Crippen LogP contribution >= 0.6 is 0 Å². The number of guanidine groups is 1. The minimum atomic E-state index is -1.83. The largest absolute Gasteiger partial charge is 0.503 e. The van der Waals surface area contributed by atoms with Crippen LogP contribution in [0.1, 0.15) is 0 Å². The van der Waals surface area contributed by atoms with Crippen LogP contribution in [-0.2, 0) is 0 Å². The number of rotatable bonds is 0. The summed E-state index contributed by atoms with van der Waals surface area (Å²) < 4.78 is 0. The average molecular weight is 250 g/mol. The van der Waals surface area contributed by atoms with Crippen LogP contribution in [0.25, 0.3) is 0 Å². The van der Waals surface area contributed by atoms with Gasteiger partial charge in [-0.05, 0) is 0 Å². The lowest BCUT2D eigenvalue weighted by Gasteiger charge is -1.77. The Morgan fingerprint density at radius 3 is 1.18 bits per heavy atom. The lowest BCUT2D eigenvalue weighted by molar-refractivity contribution is 0.137. The molecule has 1 heterocycles. The predicted molar refractivity (Wildman–Crippen MR) is 55.1 cm³/mol. The van der Waals surface area contributed by atoms with E-state index in [2.05, 4.69) is 11.5 Å². The predicted octanol–water partition coefficient (Wildman–Crippen LogP) is -3.19. The first-order valence-electron chi connectivity index (χ1n) is 3.59. The molecule has 12 nitrogen and oxygen atoms in total. The summed E-state index contributed by atoms with van der Waals surface area (Å²) in [4.78, 5) is 44.5. The molecule has 1 aromatic heterocycles. The van der Waals surface area contributed by atoms with Crippen LogP contribution in [0.4, 0.5) is 4.79 Å². The third-order valence-electron chi connectivity index (χ3n) is 0.681. The third-order valence-corrected chi connectivity index (χ3v) is 0.681. The van der Waals surface area contributed by atoms with E-state index < -0.39 is 23.2 Å². The minimum Gasteiger partial charge on any atom is -0.450 e. The molecular formula is C5H10N6O6. The number of carboxylic acid groups (broad SMARTS) is 2. The molecule has 0 fully saturated rings. The van der Waals surface area contributed by atoms with Gasteiger partial charge in [0.2, 0.25) is 0 Å². The Hall–Kier alpha value is -3.05. The highest BCUT2D eigenvalue weighted by Gasteiger charge is 1.85. The van der Waals surface area contributed by atoms with Crippen molar-refractivity contribution < 1.29 is 15.0 Å². The highest BCUT2D eigenvalue weighted by Crippen LogP contribution is 1.42. The second-order valence-corrected chi connectivity index (χ2v) is 2.10. The fourth-order valence-electron chi connectivity index (χ4n) is 0.403. The maximum absolute atomic E-state index is 10.2. The van der Waals surface area contributed by atoms with E-state index in [4.69, 9.17) is 20.4 Å². The van der Waals surface area contributed by atoms with Gasteiger partial charge in [0.1, 0.15) is 0 Å². The Balaban J connectivity index is 0. The maximum Gasteiger partial charge on any atom is 0.503 e. The molecule has 0 aliphatic heterocycles. The first-order valence-corrected chi connectivity index (χ1v) is 3.59. The molecule has 0 aromatic carbocycles. The van der Waals surface area contributed by atoms with Gasteiger partial charge < -0.3 is 21.7 Å². The third kappa shape index (κ3) is 19.4. The zero-order valence-electron chi connectivity index (χ0n) is 8.18. The lowest BCUT2D eigenvalue weighted by atomic mass is 11.0. The van der Waals surface area contributed by atoms with Crippen molar-refractivity contribution in [1.82, 2.24) is 15.0 Å². The van der Waals surface area contributed by atoms with E-state index in [0.29, 0.717) is 0 Å². The Kier molecular flexibility index (Phi) is 7.97. The number of hydrogen-bond acceptors (Lipinski definition) is 5. The average Bonchev–Trinajstić information content (AvgIpc) is 1.96. The van der Waals surface area contributed by atoms with Crippen LogP contribution in [0.5, 0.6) is 0 Å². The zero-order chi connectivity index (χ0) is 14.0. The van der Waals surface area contributed by atoms with Crippen molar-refractivity contribution in [3.63, 3.8) is 0 Å². The maximum atomic E-state index is 10.2. The molecule has 1 aromatic rings. The Labute approximate surface area is 91.4 Å². The Bertz CT molecular complexity index is 426. The van der Waals surface area contributed by atoms with Crippen molar-refractivity contribution in [2.24, 2.45) is 11.5 Å².